The number of carbonyl (C=O) groups excluding carboxylic acids is 2. The van der Waals surface area contributed by atoms with E-state index in [0.717, 1.165) is 30.0 Å². The predicted octanol–water partition coefficient (Wildman–Crippen LogP) is 3.80. The highest BCUT2D eigenvalue weighted by molar-refractivity contribution is 6.33. The number of ether oxygens (including phenoxy) is 1. The average Bonchev–Trinajstić information content (AvgIpc) is 3.43. The summed E-state index contributed by atoms with van der Waals surface area (Å²) >= 11 is 6.22. The topological polar surface area (TPSA) is 139 Å². The molecule has 0 unspecified atom stereocenters. The highest BCUT2D eigenvalue weighted by Crippen LogP contribution is 2.28. The van der Waals surface area contributed by atoms with Crippen LogP contribution in [0.2, 0.25) is 5.02 Å². The Bertz CT molecular complexity index is 1530. The van der Waals surface area contributed by atoms with E-state index in [2.05, 4.69) is 37.4 Å². The summed E-state index contributed by atoms with van der Waals surface area (Å²) < 4.78 is 7.09. The number of hydrogen-bond donors (Lipinski definition) is 4. The number of aromatic nitrogens is 3. The molecule has 4 aromatic rings. The Labute approximate surface area is 229 Å². The summed E-state index contributed by atoms with van der Waals surface area (Å²) in [6.45, 7) is 6.88. The number of fused-ring (bicyclic) bond motifs is 1. The maximum atomic E-state index is 12.5. The molecule has 2 aromatic heterocycles. The molecule has 1 aliphatic heterocycles. The van der Waals surface area contributed by atoms with E-state index in [0.29, 0.717) is 42.1 Å². The van der Waals surface area contributed by atoms with Crippen molar-refractivity contribution >= 4 is 57.9 Å². The average molecular weight is 547 g/mol. The van der Waals surface area contributed by atoms with Crippen molar-refractivity contribution in [1.82, 2.24) is 14.4 Å². The molecule has 0 bridgehead atoms. The van der Waals surface area contributed by atoms with Gasteiger partial charge >= 0.3 is 0 Å². The van der Waals surface area contributed by atoms with Gasteiger partial charge in [-0.3, -0.25) is 14.0 Å². The zero-order valence-electron chi connectivity index (χ0n) is 21.0. The van der Waals surface area contributed by atoms with Gasteiger partial charge in [-0.2, -0.15) is 4.98 Å². The van der Waals surface area contributed by atoms with Crippen molar-refractivity contribution in [3.8, 4) is 0 Å². The van der Waals surface area contributed by atoms with Gasteiger partial charge in [0.1, 0.15) is 5.56 Å². The summed E-state index contributed by atoms with van der Waals surface area (Å²) in [6, 6.07) is 13.1. The number of primary amides is 1. The van der Waals surface area contributed by atoms with Crippen LogP contribution in [0.15, 0.2) is 67.5 Å². The minimum Gasteiger partial charge on any atom is -0.378 e. The third-order valence-electron chi connectivity index (χ3n) is 6.22. The third-order valence-corrected chi connectivity index (χ3v) is 6.55. The zero-order valence-corrected chi connectivity index (χ0v) is 21.7. The monoisotopic (exact) mass is 546 g/mol. The number of halogens is 1. The lowest BCUT2D eigenvalue weighted by Gasteiger charge is -2.29. The lowest BCUT2D eigenvalue weighted by molar-refractivity contribution is -0.111. The fourth-order valence-corrected chi connectivity index (χ4v) is 4.44. The third kappa shape index (κ3) is 5.79. The molecule has 11 nitrogen and oxygen atoms in total. The summed E-state index contributed by atoms with van der Waals surface area (Å²) in [5, 5.41) is 9.59. The molecule has 0 saturated carbocycles. The summed E-state index contributed by atoms with van der Waals surface area (Å²) in [6.07, 6.45) is 4.43. The van der Waals surface area contributed by atoms with Crippen LogP contribution < -0.4 is 26.6 Å². The molecule has 200 valence electrons. The van der Waals surface area contributed by atoms with Crippen LogP contribution in [0.4, 0.5) is 28.8 Å². The van der Waals surface area contributed by atoms with Crippen molar-refractivity contribution in [3.63, 3.8) is 0 Å². The van der Waals surface area contributed by atoms with Crippen LogP contribution in [0.3, 0.4) is 0 Å². The molecule has 0 aliphatic carbocycles. The maximum Gasteiger partial charge on any atom is 0.256 e. The van der Waals surface area contributed by atoms with E-state index in [4.69, 9.17) is 22.1 Å². The van der Waals surface area contributed by atoms with Gasteiger partial charge in [-0.15, -0.1) is 0 Å². The largest absolute Gasteiger partial charge is 0.378 e. The van der Waals surface area contributed by atoms with Crippen LogP contribution in [0, 0.1) is 0 Å². The second kappa shape index (κ2) is 11.4. The van der Waals surface area contributed by atoms with E-state index < -0.39 is 5.91 Å². The van der Waals surface area contributed by atoms with Crippen molar-refractivity contribution in [2.75, 3.05) is 47.2 Å². The number of hydrogen-bond acceptors (Lipinski definition) is 8. The number of anilines is 5. The van der Waals surface area contributed by atoms with Crippen LogP contribution in [0.25, 0.3) is 5.65 Å². The lowest BCUT2D eigenvalue weighted by atomic mass is 10.2. The number of benzene rings is 2. The van der Waals surface area contributed by atoms with E-state index in [-0.39, 0.29) is 17.3 Å². The predicted molar refractivity (Wildman–Crippen MR) is 152 cm³/mol. The van der Waals surface area contributed by atoms with Crippen LogP contribution in [-0.4, -0.2) is 52.5 Å². The number of amides is 2. The van der Waals surface area contributed by atoms with Crippen LogP contribution in [0.1, 0.15) is 15.9 Å². The molecular weight excluding hydrogens is 520 g/mol. The van der Waals surface area contributed by atoms with Gasteiger partial charge in [-0.1, -0.05) is 24.2 Å². The SMILES string of the molecule is C=CC(=O)Nc1cc(CNc2nc(Nc3ccc(N4CCOCC4)cc3)c(C(N)=O)c3nccn23)ccc1Cl. The van der Waals surface area contributed by atoms with Crippen molar-refractivity contribution < 1.29 is 14.3 Å². The lowest BCUT2D eigenvalue weighted by Crippen LogP contribution is -2.36. The van der Waals surface area contributed by atoms with Crippen molar-refractivity contribution in [3.05, 3.63) is 83.7 Å². The Balaban J connectivity index is 1.41. The standard InChI is InChI=1S/C27H27ClN8O3/c1-2-22(37)33-21-15-17(3-8-20(21)28)16-31-27-34-25(23(24(29)38)26-30-9-10-36(26)27)32-18-4-6-19(7-5-18)35-11-13-39-14-12-35/h2-10,15,32H,1,11-14,16H2,(H2,29,38)(H,31,34)(H,33,37). The second-order valence-corrected chi connectivity index (χ2v) is 9.18. The number of morpholine rings is 1. The molecule has 39 heavy (non-hydrogen) atoms. The normalized spacial score (nSPS) is 13.2. The van der Waals surface area contributed by atoms with Gasteiger partial charge in [0.05, 0.1) is 23.9 Å². The van der Waals surface area contributed by atoms with Crippen LogP contribution in [-0.2, 0) is 16.1 Å². The fourth-order valence-electron chi connectivity index (χ4n) is 4.28. The first-order valence-electron chi connectivity index (χ1n) is 12.3. The second-order valence-electron chi connectivity index (χ2n) is 8.78. The molecule has 1 fully saturated rings. The van der Waals surface area contributed by atoms with Gasteiger partial charge in [0.2, 0.25) is 11.9 Å². The quantitative estimate of drug-likeness (QED) is 0.232. The molecule has 2 amide bonds. The summed E-state index contributed by atoms with van der Waals surface area (Å²) in [5.74, 6) is -0.304. The Kier molecular flexibility index (Phi) is 7.62. The molecule has 0 atom stereocenters. The zero-order chi connectivity index (χ0) is 27.4. The number of nitrogens with zero attached hydrogens (tertiary/aromatic N) is 4. The van der Waals surface area contributed by atoms with E-state index in [1.807, 2.05) is 30.3 Å². The van der Waals surface area contributed by atoms with Gasteiger partial charge in [0.25, 0.3) is 5.91 Å². The number of imidazole rings is 1. The number of carbonyl (C=O) groups is 2. The Morgan fingerprint density at radius 3 is 2.64 bits per heavy atom. The first-order chi connectivity index (χ1) is 18.9. The smallest absolute Gasteiger partial charge is 0.256 e. The molecule has 1 saturated heterocycles. The summed E-state index contributed by atoms with van der Waals surface area (Å²) in [4.78, 5) is 35.5. The van der Waals surface area contributed by atoms with Crippen LogP contribution >= 0.6 is 11.6 Å². The first-order valence-corrected chi connectivity index (χ1v) is 12.6. The minimum atomic E-state index is -0.655. The van der Waals surface area contributed by atoms with E-state index in [1.54, 1.807) is 28.9 Å². The Hall–Kier alpha value is -4.61. The maximum absolute atomic E-state index is 12.5. The van der Waals surface area contributed by atoms with Gasteiger partial charge < -0.3 is 31.3 Å². The molecule has 0 spiro atoms. The minimum absolute atomic E-state index is 0.170. The highest BCUT2D eigenvalue weighted by atomic mass is 35.5. The molecule has 0 radical (unpaired) electrons. The van der Waals surface area contributed by atoms with Crippen LogP contribution in [0.5, 0.6) is 0 Å². The molecule has 5 N–H and O–H groups in total. The molecular formula is C27H27ClN8O3. The summed E-state index contributed by atoms with van der Waals surface area (Å²) in [5.41, 5.74) is 9.41. The van der Waals surface area contributed by atoms with Gasteiger partial charge in [0.15, 0.2) is 11.5 Å². The molecule has 5 rings (SSSR count). The van der Waals surface area contributed by atoms with Crippen molar-refractivity contribution in [2.45, 2.75) is 6.54 Å². The molecule has 12 heteroatoms. The van der Waals surface area contributed by atoms with Crippen molar-refractivity contribution in [2.24, 2.45) is 5.73 Å². The van der Waals surface area contributed by atoms with Crippen molar-refractivity contribution in [1.29, 1.82) is 0 Å². The number of nitrogens with two attached hydrogens (primary N) is 1. The summed E-state index contributed by atoms with van der Waals surface area (Å²) in [7, 11) is 0. The fraction of sp³-hybridized carbons (Fsp3) is 0.185. The van der Waals surface area contributed by atoms with Gasteiger partial charge in [0, 0.05) is 43.4 Å². The van der Waals surface area contributed by atoms with E-state index >= 15 is 0 Å². The first kappa shape index (κ1) is 26.0. The Morgan fingerprint density at radius 1 is 1.15 bits per heavy atom. The van der Waals surface area contributed by atoms with E-state index in [1.165, 1.54) is 6.08 Å². The van der Waals surface area contributed by atoms with E-state index in [9.17, 15) is 9.59 Å². The highest BCUT2D eigenvalue weighted by Gasteiger charge is 2.20. The molecule has 2 aromatic carbocycles. The van der Waals surface area contributed by atoms with Gasteiger partial charge in [-0.05, 0) is 48.0 Å². The number of nitrogens with one attached hydrogen (secondary N) is 3. The Morgan fingerprint density at radius 2 is 1.92 bits per heavy atom. The molecule has 3 heterocycles. The number of rotatable bonds is 9. The van der Waals surface area contributed by atoms with Gasteiger partial charge in [-0.25, -0.2) is 4.98 Å². The molecule has 1 aliphatic rings.